The Bertz CT molecular complexity index is 1340. The molecule has 0 amide bonds. The molecule has 5 fully saturated rings. The van der Waals surface area contributed by atoms with Gasteiger partial charge < -0.3 is 14.7 Å². The fourth-order valence-corrected chi connectivity index (χ4v) is 13.4. The summed E-state index contributed by atoms with van der Waals surface area (Å²) in [7, 11) is 0. The Hall–Kier alpha value is -1.69. The fraction of sp³-hybridized carbons (Fsp3) is 0.881. The van der Waals surface area contributed by atoms with Crippen LogP contribution in [-0.2, 0) is 19.1 Å². The van der Waals surface area contributed by atoms with E-state index in [0.717, 1.165) is 45.1 Å². The molecule has 1 unspecified atom stereocenters. The van der Waals surface area contributed by atoms with Gasteiger partial charge in [-0.05, 0) is 150 Å². The normalized spacial score (nSPS) is 41.3. The van der Waals surface area contributed by atoms with Crippen LogP contribution < -0.4 is 0 Å². The lowest BCUT2D eigenvalue weighted by atomic mass is 9.33. The number of Topliss-reactive ketones (excluding diaryl/α,β-unsaturated/α-hetero) is 1. The lowest BCUT2D eigenvalue weighted by Crippen LogP contribution is -2.65. The molecule has 1 N–H and O–H groups in total. The van der Waals surface area contributed by atoms with Crippen LogP contribution in [0.3, 0.4) is 0 Å². The van der Waals surface area contributed by atoms with Gasteiger partial charge in [-0.3, -0.25) is 14.4 Å². The van der Waals surface area contributed by atoms with Gasteiger partial charge in [-0.1, -0.05) is 60.5 Å². The summed E-state index contributed by atoms with van der Waals surface area (Å²) in [5.74, 6) is 0.897. The zero-order valence-corrected chi connectivity index (χ0v) is 31.9. The van der Waals surface area contributed by atoms with Gasteiger partial charge in [0, 0.05) is 17.3 Å². The van der Waals surface area contributed by atoms with Gasteiger partial charge in [0.2, 0.25) is 0 Å². The summed E-state index contributed by atoms with van der Waals surface area (Å²) in [5, 5.41) is 9.59. The molecule has 8 atom stereocenters. The molecule has 6 rings (SSSR count). The van der Waals surface area contributed by atoms with Crippen LogP contribution in [0.5, 0.6) is 0 Å². The predicted octanol–water partition coefficient (Wildman–Crippen LogP) is 9.26. The number of carboxylic acids is 1. The summed E-state index contributed by atoms with van der Waals surface area (Å²) in [6, 6.07) is 0. The first kappa shape index (κ1) is 36.1. The van der Waals surface area contributed by atoms with Gasteiger partial charge in [-0.15, -0.1) is 0 Å². The standard InChI is InChI=1S/C42H67NO5/c1-27(2)34-29(44)25-42(21-24-43-22-11-10-12-23-43)20-19-40(8)28(35(34)42)13-14-31-39(7)17-16-32(48-33(45)26-37(3,4)36(46)47)38(5,6)30(39)15-18-41(31,40)9/h27-28,30-32H,10-26H2,1-9H3,(H,46,47)/t28-,30+,31?,32+,39+,40-,41-,42-/m1/s1. The second kappa shape index (κ2) is 12.2. The smallest absolute Gasteiger partial charge is 0.309 e. The average molecular weight is 666 g/mol. The first-order valence-electron chi connectivity index (χ1n) is 19.8. The van der Waals surface area contributed by atoms with E-state index >= 15 is 0 Å². The fourth-order valence-electron chi connectivity index (χ4n) is 13.4. The zero-order valence-electron chi connectivity index (χ0n) is 31.9. The van der Waals surface area contributed by atoms with Gasteiger partial charge in [0.1, 0.15) is 6.10 Å². The summed E-state index contributed by atoms with van der Waals surface area (Å²) in [4.78, 5) is 41.4. The number of hydrogen-bond donors (Lipinski definition) is 1. The van der Waals surface area contributed by atoms with Crippen LogP contribution in [0.4, 0.5) is 0 Å². The van der Waals surface area contributed by atoms with Gasteiger partial charge in [0.05, 0.1) is 11.8 Å². The van der Waals surface area contributed by atoms with Gasteiger partial charge in [0.25, 0.3) is 0 Å². The molecule has 0 aromatic heterocycles. The number of carbonyl (C=O) groups is 3. The molecule has 1 saturated heterocycles. The number of piperidine rings is 1. The van der Waals surface area contributed by atoms with E-state index in [1.165, 1.54) is 63.6 Å². The molecule has 48 heavy (non-hydrogen) atoms. The van der Waals surface area contributed by atoms with Crippen LogP contribution in [0.15, 0.2) is 11.1 Å². The number of ether oxygens (including phenoxy) is 1. The van der Waals surface area contributed by atoms with Crippen molar-refractivity contribution in [3.63, 3.8) is 0 Å². The Kier molecular flexibility index (Phi) is 9.20. The largest absolute Gasteiger partial charge is 0.481 e. The third kappa shape index (κ3) is 5.47. The molecule has 4 saturated carbocycles. The molecule has 270 valence electrons. The number of hydrogen-bond acceptors (Lipinski definition) is 5. The van der Waals surface area contributed by atoms with E-state index in [9.17, 15) is 19.5 Å². The highest BCUT2D eigenvalue weighted by Gasteiger charge is 2.70. The summed E-state index contributed by atoms with van der Waals surface area (Å²) < 4.78 is 6.18. The third-order valence-electron chi connectivity index (χ3n) is 16.3. The van der Waals surface area contributed by atoms with E-state index in [1.54, 1.807) is 19.4 Å². The molecule has 5 aliphatic carbocycles. The SMILES string of the molecule is CC(C)C1=C2[C@H]3CCC4[C@@]5(C)CC[C@H](OC(=O)CC(C)(C)C(=O)O)C(C)(C)[C@@H]5CC[C@@]4(C)[C@]3(C)CC[C@@]2(CCN2CCCCC2)CC1=O. The number of rotatable bonds is 8. The molecule has 0 spiro atoms. The van der Waals surface area contributed by atoms with Crippen LogP contribution in [0.25, 0.3) is 0 Å². The number of allylic oxidation sites excluding steroid dienone is 2. The predicted molar refractivity (Wildman–Crippen MR) is 190 cm³/mol. The molecular weight excluding hydrogens is 598 g/mol. The van der Waals surface area contributed by atoms with Crippen molar-refractivity contribution in [1.82, 2.24) is 4.90 Å². The summed E-state index contributed by atoms with van der Waals surface area (Å²) in [6.45, 7) is 23.8. The minimum absolute atomic E-state index is 0.0573. The van der Waals surface area contributed by atoms with Crippen LogP contribution >= 0.6 is 0 Å². The van der Waals surface area contributed by atoms with Gasteiger partial charge in [-0.25, -0.2) is 0 Å². The average Bonchev–Trinajstić information content (AvgIpc) is 3.30. The number of aliphatic carboxylic acids is 1. The molecule has 1 heterocycles. The van der Waals surface area contributed by atoms with E-state index in [4.69, 9.17) is 4.74 Å². The van der Waals surface area contributed by atoms with Gasteiger partial charge in [0.15, 0.2) is 5.78 Å². The molecule has 1 aliphatic heterocycles. The molecule has 0 aromatic rings. The monoisotopic (exact) mass is 666 g/mol. The molecule has 0 bridgehead atoms. The van der Waals surface area contributed by atoms with E-state index in [2.05, 4.69) is 53.4 Å². The lowest BCUT2D eigenvalue weighted by Gasteiger charge is -2.72. The minimum atomic E-state index is -1.13. The van der Waals surface area contributed by atoms with Crippen molar-refractivity contribution in [1.29, 1.82) is 0 Å². The molecular formula is C42H67NO5. The van der Waals surface area contributed by atoms with E-state index < -0.39 is 11.4 Å². The van der Waals surface area contributed by atoms with E-state index in [1.807, 2.05) is 0 Å². The van der Waals surface area contributed by atoms with Crippen molar-refractivity contribution in [3.05, 3.63) is 11.1 Å². The van der Waals surface area contributed by atoms with Crippen LogP contribution in [0, 0.1) is 56.2 Å². The maximum atomic E-state index is 14.0. The number of nitrogens with zero attached hydrogens (tertiary/aromatic N) is 1. The number of ketones is 1. The summed E-state index contributed by atoms with van der Waals surface area (Å²) in [6.07, 6.45) is 14.5. The summed E-state index contributed by atoms with van der Waals surface area (Å²) in [5.41, 5.74) is 2.06. The number of likely N-dealkylation sites (tertiary alicyclic amines) is 1. The topological polar surface area (TPSA) is 83.9 Å². The van der Waals surface area contributed by atoms with E-state index in [-0.39, 0.29) is 51.5 Å². The number of carboxylic acid groups (broad SMARTS) is 1. The Balaban J connectivity index is 1.27. The Morgan fingerprint density at radius 2 is 1.58 bits per heavy atom. The maximum Gasteiger partial charge on any atom is 0.309 e. The lowest BCUT2D eigenvalue weighted by molar-refractivity contribution is -0.233. The minimum Gasteiger partial charge on any atom is -0.481 e. The van der Waals surface area contributed by atoms with Crippen molar-refractivity contribution in [2.75, 3.05) is 19.6 Å². The number of esters is 1. The highest BCUT2D eigenvalue weighted by molar-refractivity contribution is 6.00. The third-order valence-corrected chi connectivity index (χ3v) is 16.3. The second-order valence-electron chi connectivity index (χ2n) is 19.8. The van der Waals surface area contributed by atoms with E-state index in [0.29, 0.717) is 23.5 Å². The van der Waals surface area contributed by atoms with Crippen molar-refractivity contribution in [2.24, 2.45) is 56.2 Å². The highest BCUT2D eigenvalue weighted by Crippen LogP contribution is 2.77. The van der Waals surface area contributed by atoms with Crippen molar-refractivity contribution in [2.45, 2.75) is 158 Å². The maximum absolute atomic E-state index is 14.0. The number of carbonyl (C=O) groups excluding carboxylic acids is 2. The Morgan fingerprint density at radius 1 is 0.896 bits per heavy atom. The van der Waals surface area contributed by atoms with Crippen molar-refractivity contribution in [3.8, 4) is 0 Å². The number of fused-ring (bicyclic) bond motifs is 7. The van der Waals surface area contributed by atoms with Crippen LogP contribution in [0.1, 0.15) is 152 Å². The molecule has 0 aromatic carbocycles. The second-order valence-corrected chi connectivity index (χ2v) is 19.8. The molecule has 0 radical (unpaired) electrons. The van der Waals surface area contributed by atoms with Crippen molar-refractivity contribution < 1.29 is 24.2 Å². The summed E-state index contributed by atoms with van der Waals surface area (Å²) >= 11 is 0. The quantitative estimate of drug-likeness (QED) is 0.260. The molecule has 6 heteroatoms. The Morgan fingerprint density at radius 3 is 2.23 bits per heavy atom. The van der Waals surface area contributed by atoms with Crippen molar-refractivity contribution >= 4 is 17.7 Å². The first-order chi connectivity index (χ1) is 22.3. The zero-order chi connectivity index (χ0) is 35.1. The van der Waals surface area contributed by atoms with Crippen LogP contribution in [-0.4, -0.2) is 53.5 Å². The molecule has 6 aliphatic rings. The molecule has 6 nitrogen and oxygen atoms in total. The van der Waals surface area contributed by atoms with Crippen LogP contribution in [0.2, 0.25) is 0 Å². The first-order valence-corrected chi connectivity index (χ1v) is 19.8. The van der Waals surface area contributed by atoms with Gasteiger partial charge >= 0.3 is 11.9 Å². The van der Waals surface area contributed by atoms with Gasteiger partial charge in [-0.2, -0.15) is 0 Å². The highest BCUT2D eigenvalue weighted by atomic mass is 16.5. The Labute approximate surface area is 291 Å².